The molecule has 19 heavy (non-hydrogen) atoms. The van der Waals surface area contributed by atoms with Crippen LogP contribution in [0.5, 0.6) is 0 Å². The molecule has 4 nitrogen and oxygen atoms in total. The maximum Gasteiger partial charge on any atom is 0.249 e. The Morgan fingerprint density at radius 1 is 1.26 bits per heavy atom. The second kappa shape index (κ2) is 7.25. The lowest BCUT2D eigenvalue weighted by Gasteiger charge is -2.31. The van der Waals surface area contributed by atoms with Crippen LogP contribution in [0.2, 0.25) is 0 Å². The number of rotatable bonds is 5. The van der Waals surface area contributed by atoms with E-state index in [1.807, 2.05) is 0 Å². The molecule has 1 amide bonds. The summed E-state index contributed by atoms with van der Waals surface area (Å²) in [5.41, 5.74) is 5.58. The largest absolute Gasteiger partial charge is 0.364 e. The van der Waals surface area contributed by atoms with Crippen molar-refractivity contribution in [1.82, 2.24) is 5.32 Å². The van der Waals surface area contributed by atoms with Crippen LogP contribution in [0.3, 0.4) is 0 Å². The van der Waals surface area contributed by atoms with Gasteiger partial charge in [0.05, 0.1) is 6.10 Å². The number of amides is 1. The van der Waals surface area contributed by atoms with Crippen molar-refractivity contribution in [3.05, 3.63) is 0 Å². The number of nitrogens with two attached hydrogens (primary N) is 1. The van der Waals surface area contributed by atoms with E-state index in [2.05, 4.69) is 12.2 Å². The van der Waals surface area contributed by atoms with E-state index in [0.29, 0.717) is 18.5 Å². The van der Waals surface area contributed by atoms with Crippen molar-refractivity contribution in [2.24, 2.45) is 11.7 Å². The number of carbonyl (C=O) groups is 1. The minimum Gasteiger partial charge on any atom is -0.364 e. The number of hydrogen-bond donors (Lipinski definition) is 2. The predicted molar refractivity (Wildman–Crippen MR) is 75.7 cm³/mol. The average molecular weight is 268 g/mol. The SMILES string of the molecule is CCC(NC(=O)C1CCC(CN)O1)C1CCCCC1. The third-order valence-corrected chi connectivity index (χ3v) is 4.65. The van der Waals surface area contributed by atoms with Crippen molar-refractivity contribution >= 4 is 5.91 Å². The Morgan fingerprint density at radius 2 is 2.00 bits per heavy atom. The minimum atomic E-state index is -0.272. The van der Waals surface area contributed by atoms with Gasteiger partial charge in [0.1, 0.15) is 6.10 Å². The van der Waals surface area contributed by atoms with Crippen molar-refractivity contribution in [3.63, 3.8) is 0 Å². The summed E-state index contributed by atoms with van der Waals surface area (Å²) in [5.74, 6) is 0.739. The quantitative estimate of drug-likeness (QED) is 0.801. The highest BCUT2D eigenvalue weighted by Gasteiger charge is 2.32. The van der Waals surface area contributed by atoms with Gasteiger partial charge in [0, 0.05) is 12.6 Å². The van der Waals surface area contributed by atoms with Crippen LogP contribution in [-0.4, -0.2) is 30.7 Å². The molecular weight excluding hydrogens is 240 g/mol. The summed E-state index contributed by atoms with van der Waals surface area (Å²) in [5, 5.41) is 3.22. The zero-order chi connectivity index (χ0) is 13.7. The van der Waals surface area contributed by atoms with E-state index in [-0.39, 0.29) is 18.1 Å². The van der Waals surface area contributed by atoms with Gasteiger partial charge < -0.3 is 15.8 Å². The molecule has 0 spiro atoms. The van der Waals surface area contributed by atoms with E-state index in [0.717, 1.165) is 19.3 Å². The molecule has 110 valence electrons. The van der Waals surface area contributed by atoms with Crippen LogP contribution in [0.25, 0.3) is 0 Å². The minimum absolute atomic E-state index is 0.0745. The van der Waals surface area contributed by atoms with Gasteiger partial charge >= 0.3 is 0 Å². The van der Waals surface area contributed by atoms with Gasteiger partial charge in [0.15, 0.2) is 0 Å². The summed E-state index contributed by atoms with van der Waals surface area (Å²) in [6.45, 7) is 2.68. The highest BCUT2D eigenvalue weighted by molar-refractivity contribution is 5.81. The second-order valence-electron chi connectivity index (χ2n) is 5.98. The van der Waals surface area contributed by atoms with E-state index in [1.165, 1.54) is 32.1 Å². The third kappa shape index (κ3) is 3.93. The summed E-state index contributed by atoms with van der Waals surface area (Å²) in [6.07, 6.45) is 9.04. The lowest BCUT2D eigenvalue weighted by atomic mass is 9.83. The molecule has 1 heterocycles. The van der Waals surface area contributed by atoms with Gasteiger partial charge in [0.25, 0.3) is 0 Å². The van der Waals surface area contributed by atoms with Gasteiger partial charge in [-0.2, -0.15) is 0 Å². The molecule has 1 aliphatic carbocycles. The fourth-order valence-corrected chi connectivity index (χ4v) is 3.44. The Hall–Kier alpha value is -0.610. The van der Waals surface area contributed by atoms with Crippen LogP contribution in [0.4, 0.5) is 0 Å². The molecule has 1 aliphatic heterocycles. The highest BCUT2D eigenvalue weighted by atomic mass is 16.5. The van der Waals surface area contributed by atoms with Crippen LogP contribution >= 0.6 is 0 Å². The summed E-state index contributed by atoms with van der Waals surface area (Å²) < 4.78 is 5.67. The molecule has 0 aromatic rings. The number of hydrogen-bond acceptors (Lipinski definition) is 3. The molecule has 1 saturated heterocycles. The van der Waals surface area contributed by atoms with Crippen molar-refractivity contribution in [1.29, 1.82) is 0 Å². The molecule has 3 atom stereocenters. The molecule has 0 aromatic heterocycles. The summed E-state index contributed by atoms with van der Waals surface area (Å²) >= 11 is 0. The lowest BCUT2D eigenvalue weighted by molar-refractivity contribution is -0.133. The first-order valence-corrected chi connectivity index (χ1v) is 7.90. The van der Waals surface area contributed by atoms with Crippen molar-refractivity contribution in [2.45, 2.75) is 76.5 Å². The summed E-state index contributed by atoms with van der Waals surface area (Å²) in [4.78, 5) is 12.2. The highest BCUT2D eigenvalue weighted by Crippen LogP contribution is 2.28. The molecule has 4 heteroatoms. The molecule has 3 N–H and O–H groups in total. The predicted octanol–water partition coefficient (Wildman–Crippen LogP) is 1.97. The fourth-order valence-electron chi connectivity index (χ4n) is 3.44. The molecule has 0 aromatic carbocycles. The van der Waals surface area contributed by atoms with Gasteiger partial charge in [-0.15, -0.1) is 0 Å². The van der Waals surface area contributed by atoms with Crippen LogP contribution in [0.1, 0.15) is 58.3 Å². The molecular formula is C15H28N2O2. The third-order valence-electron chi connectivity index (χ3n) is 4.65. The molecule has 0 bridgehead atoms. The average Bonchev–Trinajstić information content (AvgIpc) is 2.94. The Kier molecular flexibility index (Phi) is 5.64. The van der Waals surface area contributed by atoms with Crippen molar-refractivity contribution in [2.75, 3.05) is 6.54 Å². The summed E-state index contributed by atoms with van der Waals surface area (Å²) in [6, 6.07) is 0.327. The standard InChI is InChI=1S/C15H28N2O2/c1-2-13(11-6-4-3-5-7-11)17-15(18)14-9-8-12(10-16)19-14/h11-14H,2-10,16H2,1H3,(H,17,18). The first kappa shape index (κ1) is 14.8. The maximum absolute atomic E-state index is 12.2. The van der Waals surface area contributed by atoms with Gasteiger partial charge in [-0.1, -0.05) is 26.2 Å². The van der Waals surface area contributed by atoms with E-state index in [1.54, 1.807) is 0 Å². The zero-order valence-corrected chi connectivity index (χ0v) is 12.1. The van der Waals surface area contributed by atoms with Crippen LogP contribution in [0, 0.1) is 5.92 Å². The van der Waals surface area contributed by atoms with Gasteiger partial charge in [-0.25, -0.2) is 0 Å². The second-order valence-corrected chi connectivity index (χ2v) is 5.98. The molecule has 1 saturated carbocycles. The zero-order valence-electron chi connectivity index (χ0n) is 12.1. The van der Waals surface area contributed by atoms with E-state index in [9.17, 15) is 4.79 Å². The Morgan fingerprint density at radius 3 is 2.58 bits per heavy atom. The van der Waals surface area contributed by atoms with Crippen molar-refractivity contribution < 1.29 is 9.53 Å². The van der Waals surface area contributed by atoms with Gasteiger partial charge in [0.2, 0.25) is 5.91 Å². The molecule has 0 radical (unpaired) electrons. The topological polar surface area (TPSA) is 64.4 Å². The number of nitrogens with one attached hydrogen (secondary N) is 1. The normalized spacial score (nSPS) is 30.2. The smallest absolute Gasteiger partial charge is 0.249 e. The molecule has 2 fully saturated rings. The molecule has 2 rings (SSSR count). The first-order chi connectivity index (χ1) is 9.24. The Labute approximate surface area is 116 Å². The van der Waals surface area contributed by atoms with Crippen LogP contribution in [0.15, 0.2) is 0 Å². The van der Waals surface area contributed by atoms with E-state index < -0.39 is 0 Å². The molecule has 2 aliphatic rings. The van der Waals surface area contributed by atoms with Gasteiger partial charge in [-0.05, 0) is 38.0 Å². The monoisotopic (exact) mass is 268 g/mol. The van der Waals surface area contributed by atoms with Crippen molar-refractivity contribution in [3.8, 4) is 0 Å². The Balaban J connectivity index is 1.82. The van der Waals surface area contributed by atoms with Crippen LogP contribution < -0.4 is 11.1 Å². The van der Waals surface area contributed by atoms with Gasteiger partial charge in [-0.3, -0.25) is 4.79 Å². The molecule has 3 unspecified atom stereocenters. The summed E-state index contributed by atoms with van der Waals surface area (Å²) in [7, 11) is 0. The van der Waals surface area contributed by atoms with E-state index >= 15 is 0 Å². The first-order valence-electron chi connectivity index (χ1n) is 7.90. The number of carbonyl (C=O) groups excluding carboxylic acids is 1. The fraction of sp³-hybridized carbons (Fsp3) is 0.933. The number of ether oxygens (including phenoxy) is 1. The Bertz CT molecular complexity index is 290. The maximum atomic E-state index is 12.2. The van der Waals surface area contributed by atoms with Crippen LogP contribution in [-0.2, 0) is 9.53 Å². The van der Waals surface area contributed by atoms with E-state index in [4.69, 9.17) is 10.5 Å². The lowest BCUT2D eigenvalue weighted by Crippen LogP contribution is -2.45.